The van der Waals surface area contributed by atoms with Crippen molar-refractivity contribution in [1.82, 2.24) is 14.5 Å². The van der Waals surface area contributed by atoms with Gasteiger partial charge in [0.2, 0.25) is 0 Å². The van der Waals surface area contributed by atoms with E-state index in [1.165, 1.54) is 10.8 Å². The van der Waals surface area contributed by atoms with Crippen LogP contribution < -0.4 is 0 Å². The first-order valence-corrected chi connectivity index (χ1v) is 8.60. The number of pyridine rings is 1. The van der Waals surface area contributed by atoms with E-state index in [4.69, 9.17) is 4.98 Å². The summed E-state index contributed by atoms with van der Waals surface area (Å²) >= 11 is 1.77. The molecular formula is C19H17N3S. The fourth-order valence-electron chi connectivity index (χ4n) is 2.80. The zero-order valence-electron chi connectivity index (χ0n) is 13.1. The lowest BCUT2D eigenvalue weighted by molar-refractivity contribution is 0.907. The topological polar surface area (TPSA) is 30.7 Å². The van der Waals surface area contributed by atoms with Gasteiger partial charge in [0, 0.05) is 16.8 Å². The van der Waals surface area contributed by atoms with Gasteiger partial charge in [-0.3, -0.25) is 4.57 Å². The number of imidazole rings is 1. The largest absolute Gasteiger partial charge is 0.271 e. The molecule has 0 bridgehead atoms. The van der Waals surface area contributed by atoms with Crippen molar-refractivity contribution in [3.63, 3.8) is 0 Å². The maximum atomic E-state index is 4.80. The Hall–Kier alpha value is -2.33. The van der Waals surface area contributed by atoms with Crippen molar-refractivity contribution in [2.24, 2.45) is 0 Å². The molecule has 114 valence electrons. The zero-order valence-corrected chi connectivity index (χ0v) is 13.9. The van der Waals surface area contributed by atoms with Crippen LogP contribution in [0.15, 0.2) is 66.0 Å². The Labute approximate surface area is 139 Å². The molecule has 0 radical (unpaired) electrons. The third kappa shape index (κ3) is 2.49. The van der Waals surface area contributed by atoms with E-state index >= 15 is 0 Å². The molecule has 0 N–H and O–H groups in total. The summed E-state index contributed by atoms with van der Waals surface area (Å²) in [4.78, 5) is 9.38. The number of fused-ring (bicyclic) bond motifs is 2. The molecule has 0 unspecified atom stereocenters. The summed E-state index contributed by atoms with van der Waals surface area (Å²) in [5, 5.41) is 3.89. The van der Waals surface area contributed by atoms with Crippen LogP contribution in [0.25, 0.3) is 27.6 Å². The maximum absolute atomic E-state index is 4.80. The van der Waals surface area contributed by atoms with Crippen LogP contribution in [0.5, 0.6) is 0 Å². The van der Waals surface area contributed by atoms with Gasteiger partial charge >= 0.3 is 0 Å². The lowest BCUT2D eigenvalue weighted by atomic mass is 10.1. The normalized spacial score (nSPS) is 11.6. The zero-order chi connectivity index (χ0) is 15.8. The summed E-state index contributed by atoms with van der Waals surface area (Å²) in [6, 6.07) is 18.8. The molecule has 4 heteroatoms. The van der Waals surface area contributed by atoms with Gasteiger partial charge in [0.1, 0.15) is 5.52 Å². The second-order valence-electron chi connectivity index (χ2n) is 5.74. The number of benzene rings is 2. The SMILES string of the molecule is CC(C)Sc1nc2cccnc2n1-c1cccc2ccccc12. The Morgan fingerprint density at radius 2 is 1.78 bits per heavy atom. The Morgan fingerprint density at radius 3 is 2.65 bits per heavy atom. The predicted molar refractivity (Wildman–Crippen MR) is 97.4 cm³/mol. The van der Waals surface area contributed by atoms with Gasteiger partial charge in [-0.2, -0.15) is 0 Å². The van der Waals surface area contributed by atoms with E-state index in [1.54, 1.807) is 11.8 Å². The Kier molecular flexibility index (Phi) is 3.54. The highest BCUT2D eigenvalue weighted by Gasteiger charge is 2.16. The third-order valence-corrected chi connectivity index (χ3v) is 4.69. The monoisotopic (exact) mass is 319 g/mol. The van der Waals surface area contributed by atoms with E-state index in [0.29, 0.717) is 5.25 Å². The molecular weight excluding hydrogens is 302 g/mol. The summed E-state index contributed by atoms with van der Waals surface area (Å²) in [6.07, 6.45) is 1.83. The fraction of sp³-hybridized carbons (Fsp3) is 0.158. The maximum Gasteiger partial charge on any atom is 0.175 e. The molecule has 0 aliphatic carbocycles. The molecule has 0 aliphatic heterocycles. The lowest BCUT2D eigenvalue weighted by Gasteiger charge is -2.12. The van der Waals surface area contributed by atoms with Crippen molar-refractivity contribution in [1.29, 1.82) is 0 Å². The van der Waals surface area contributed by atoms with Crippen LogP contribution in [0.4, 0.5) is 0 Å². The third-order valence-electron chi connectivity index (χ3n) is 3.73. The van der Waals surface area contributed by atoms with Crippen LogP contribution in [-0.4, -0.2) is 19.8 Å². The summed E-state index contributed by atoms with van der Waals surface area (Å²) < 4.78 is 2.18. The standard InChI is InChI=1S/C19H17N3S/c1-13(2)23-19-21-16-10-6-12-20-18(16)22(19)17-11-5-8-14-7-3-4-9-15(14)17/h3-13H,1-2H3. The summed E-state index contributed by atoms with van der Waals surface area (Å²) in [5.41, 5.74) is 2.98. The van der Waals surface area contributed by atoms with E-state index < -0.39 is 0 Å². The van der Waals surface area contributed by atoms with Crippen molar-refractivity contribution in [2.45, 2.75) is 24.3 Å². The van der Waals surface area contributed by atoms with Crippen LogP contribution in [0.3, 0.4) is 0 Å². The number of rotatable bonds is 3. The van der Waals surface area contributed by atoms with Crippen molar-refractivity contribution < 1.29 is 0 Å². The van der Waals surface area contributed by atoms with Gasteiger partial charge in [-0.15, -0.1) is 0 Å². The molecule has 0 atom stereocenters. The fourth-order valence-corrected chi connectivity index (χ4v) is 3.66. The average molecular weight is 319 g/mol. The first kappa shape index (κ1) is 14.3. The molecule has 0 saturated heterocycles. The van der Waals surface area contributed by atoms with E-state index in [0.717, 1.165) is 22.0 Å². The van der Waals surface area contributed by atoms with Crippen LogP contribution in [-0.2, 0) is 0 Å². The minimum Gasteiger partial charge on any atom is -0.271 e. The summed E-state index contributed by atoms with van der Waals surface area (Å²) in [6.45, 7) is 4.37. The van der Waals surface area contributed by atoms with Gasteiger partial charge in [0.05, 0.1) is 5.69 Å². The first-order valence-electron chi connectivity index (χ1n) is 7.72. The van der Waals surface area contributed by atoms with Crippen molar-refractivity contribution in [3.05, 3.63) is 60.8 Å². The molecule has 4 rings (SSSR count). The second-order valence-corrected chi connectivity index (χ2v) is 7.28. The van der Waals surface area contributed by atoms with E-state index in [1.807, 2.05) is 18.3 Å². The number of nitrogens with zero attached hydrogens (tertiary/aromatic N) is 3. The second kappa shape index (κ2) is 5.70. The van der Waals surface area contributed by atoms with Gasteiger partial charge < -0.3 is 0 Å². The Morgan fingerprint density at radius 1 is 0.957 bits per heavy atom. The lowest BCUT2D eigenvalue weighted by Crippen LogP contribution is -2.00. The summed E-state index contributed by atoms with van der Waals surface area (Å²) in [7, 11) is 0. The van der Waals surface area contributed by atoms with Crippen molar-refractivity contribution >= 4 is 33.7 Å². The molecule has 0 aliphatic rings. The first-order chi connectivity index (χ1) is 11.2. The smallest absolute Gasteiger partial charge is 0.175 e. The molecule has 4 aromatic rings. The van der Waals surface area contributed by atoms with Gasteiger partial charge in [-0.05, 0) is 23.6 Å². The van der Waals surface area contributed by atoms with Crippen LogP contribution in [0, 0.1) is 0 Å². The highest BCUT2D eigenvalue weighted by atomic mass is 32.2. The quantitative estimate of drug-likeness (QED) is 0.494. The van der Waals surface area contributed by atoms with E-state index in [-0.39, 0.29) is 0 Å². The Bertz CT molecular complexity index is 983. The van der Waals surface area contributed by atoms with Crippen LogP contribution >= 0.6 is 11.8 Å². The predicted octanol–water partition coefficient (Wildman–Crippen LogP) is 5.07. The molecule has 2 aromatic heterocycles. The van der Waals surface area contributed by atoms with Gasteiger partial charge in [-0.1, -0.05) is 62.0 Å². The number of hydrogen-bond donors (Lipinski definition) is 0. The van der Waals surface area contributed by atoms with E-state index in [9.17, 15) is 0 Å². The summed E-state index contributed by atoms with van der Waals surface area (Å²) in [5.74, 6) is 0. The van der Waals surface area contributed by atoms with Crippen LogP contribution in [0.2, 0.25) is 0 Å². The molecule has 0 amide bonds. The van der Waals surface area contributed by atoms with Gasteiger partial charge in [0.25, 0.3) is 0 Å². The average Bonchev–Trinajstić information content (AvgIpc) is 2.91. The number of aromatic nitrogens is 3. The van der Waals surface area contributed by atoms with Gasteiger partial charge in [0.15, 0.2) is 10.8 Å². The molecule has 23 heavy (non-hydrogen) atoms. The molecule has 0 spiro atoms. The number of thioether (sulfide) groups is 1. The molecule has 2 heterocycles. The minimum atomic E-state index is 0.459. The van der Waals surface area contributed by atoms with Crippen molar-refractivity contribution in [3.8, 4) is 5.69 Å². The highest BCUT2D eigenvalue weighted by molar-refractivity contribution is 7.99. The molecule has 3 nitrogen and oxygen atoms in total. The van der Waals surface area contributed by atoms with E-state index in [2.05, 4.69) is 65.9 Å². The van der Waals surface area contributed by atoms with Crippen molar-refractivity contribution in [2.75, 3.05) is 0 Å². The Balaban J connectivity index is 2.06. The molecule has 0 saturated carbocycles. The molecule has 2 aromatic carbocycles. The van der Waals surface area contributed by atoms with Gasteiger partial charge in [-0.25, -0.2) is 9.97 Å². The van der Waals surface area contributed by atoms with Crippen LogP contribution in [0.1, 0.15) is 13.8 Å². The highest BCUT2D eigenvalue weighted by Crippen LogP contribution is 2.32. The minimum absolute atomic E-state index is 0.459. The number of hydrogen-bond acceptors (Lipinski definition) is 3. The molecule has 0 fully saturated rings.